The molecule has 0 amide bonds. The van der Waals surface area contributed by atoms with Crippen molar-refractivity contribution in [2.24, 2.45) is 7.05 Å². The Hall–Kier alpha value is -3.40. The van der Waals surface area contributed by atoms with Crippen molar-refractivity contribution in [1.29, 1.82) is 0 Å². The molecule has 1 fully saturated rings. The first-order valence-electron chi connectivity index (χ1n) is 10.4. The highest BCUT2D eigenvalue weighted by molar-refractivity contribution is 5.96. The topological polar surface area (TPSA) is 55.1 Å². The van der Waals surface area contributed by atoms with Gasteiger partial charge in [-0.25, -0.2) is 4.79 Å². The van der Waals surface area contributed by atoms with Gasteiger partial charge in [-0.2, -0.15) is 0 Å². The first kappa shape index (κ1) is 18.6. The number of hydrogen-bond donors (Lipinski definition) is 1. The van der Waals surface area contributed by atoms with Gasteiger partial charge in [0.15, 0.2) is 0 Å². The molecule has 30 heavy (non-hydrogen) atoms. The van der Waals surface area contributed by atoms with Gasteiger partial charge in [0.25, 0.3) is 0 Å². The van der Waals surface area contributed by atoms with Crippen molar-refractivity contribution in [2.75, 3.05) is 0 Å². The number of fused-ring (bicyclic) bond motifs is 1. The highest BCUT2D eigenvalue weighted by Crippen LogP contribution is 2.40. The average molecular weight is 396 g/mol. The van der Waals surface area contributed by atoms with E-state index in [2.05, 4.69) is 72.2 Å². The second kappa shape index (κ2) is 7.13. The molecule has 1 aliphatic carbocycles. The Labute approximate surface area is 175 Å². The van der Waals surface area contributed by atoms with Crippen LogP contribution in [0.3, 0.4) is 0 Å². The van der Waals surface area contributed by atoms with E-state index in [0.717, 1.165) is 29.5 Å². The van der Waals surface area contributed by atoms with Crippen molar-refractivity contribution in [3.63, 3.8) is 0 Å². The molecular formula is C26H24N2O2. The number of benzene rings is 2. The van der Waals surface area contributed by atoms with Gasteiger partial charge in [0.1, 0.15) is 0 Å². The summed E-state index contributed by atoms with van der Waals surface area (Å²) in [5, 5.41) is 10.9. The fourth-order valence-corrected chi connectivity index (χ4v) is 4.26. The second-order valence-electron chi connectivity index (χ2n) is 8.39. The molecular weight excluding hydrogens is 372 g/mol. The van der Waals surface area contributed by atoms with Gasteiger partial charge in [0.2, 0.25) is 0 Å². The Kier molecular flexibility index (Phi) is 4.43. The number of pyridine rings is 1. The smallest absolute Gasteiger partial charge is 0.337 e. The molecule has 2 aromatic carbocycles. The lowest BCUT2D eigenvalue weighted by atomic mass is 9.98. The van der Waals surface area contributed by atoms with Crippen LogP contribution >= 0.6 is 0 Å². The first-order valence-corrected chi connectivity index (χ1v) is 10.4. The quantitative estimate of drug-likeness (QED) is 0.470. The van der Waals surface area contributed by atoms with E-state index in [0.29, 0.717) is 23.6 Å². The summed E-state index contributed by atoms with van der Waals surface area (Å²) in [6.45, 7) is 2.10. The minimum absolute atomic E-state index is 0.325. The molecule has 2 heterocycles. The summed E-state index contributed by atoms with van der Waals surface area (Å²) in [5.74, 6) is -0.413. The molecule has 0 saturated heterocycles. The van der Waals surface area contributed by atoms with Crippen LogP contribution in [0.25, 0.3) is 22.0 Å². The molecule has 5 rings (SSSR count). The molecule has 0 bridgehead atoms. The molecule has 0 spiro atoms. The Morgan fingerprint density at radius 1 is 1.17 bits per heavy atom. The van der Waals surface area contributed by atoms with Crippen LogP contribution in [0.5, 0.6) is 0 Å². The van der Waals surface area contributed by atoms with Crippen LogP contribution in [0.15, 0.2) is 60.9 Å². The summed E-state index contributed by atoms with van der Waals surface area (Å²) >= 11 is 0. The van der Waals surface area contributed by atoms with Crippen LogP contribution in [0.4, 0.5) is 0 Å². The standard InChI is InChI=1S/C26H24N2O2/c1-16-4-3-5-19(10-16)23-15-28(2)25-9-6-17(11-21(23)25)12-24-22(26(29)30)13-20(14-27-24)18-7-8-18/h3-6,9-11,13-15,18H,7-8,12H2,1-2H3,(H,29,30). The molecule has 0 radical (unpaired) electrons. The lowest BCUT2D eigenvalue weighted by Crippen LogP contribution is -2.07. The third kappa shape index (κ3) is 3.39. The molecule has 150 valence electrons. The largest absolute Gasteiger partial charge is 0.478 e. The molecule has 0 aliphatic heterocycles. The molecule has 1 aliphatic rings. The van der Waals surface area contributed by atoms with Crippen molar-refractivity contribution < 1.29 is 9.90 Å². The summed E-state index contributed by atoms with van der Waals surface area (Å²) in [4.78, 5) is 16.4. The lowest BCUT2D eigenvalue weighted by Gasteiger charge is -2.09. The molecule has 4 nitrogen and oxygen atoms in total. The number of aryl methyl sites for hydroxylation is 2. The van der Waals surface area contributed by atoms with Gasteiger partial charge in [-0.3, -0.25) is 4.98 Å². The van der Waals surface area contributed by atoms with E-state index >= 15 is 0 Å². The minimum Gasteiger partial charge on any atom is -0.478 e. The SMILES string of the molecule is Cc1cccc(-c2cn(C)c3ccc(Cc4ncc(C5CC5)cc4C(=O)O)cc23)c1. The number of hydrogen-bond acceptors (Lipinski definition) is 2. The van der Waals surface area contributed by atoms with Crippen LogP contribution < -0.4 is 0 Å². The summed E-state index contributed by atoms with van der Waals surface area (Å²) in [7, 11) is 2.06. The van der Waals surface area contributed by atoms with Crippen LogP contribution in [0.1, 0.15) is 51.5 Å². The van der Waals surface area contributed by atoms with Crippen LogP contribution in [0.2, 0.25) is 0 Å². The monoisotopic (exact) mass is 396 g/mol. The van der Waals surface area contributed by atoms with E-state index in [4.69, 9.17) is 0 Å². The van der Waals surface area contributed by atoms with E-state index in [-0.39, 0.29) is 0 Å². The number of rotatable bonds is 5. The normalized spacial score (nSPS) is 13.7. The van der Waals surface area contributed by atoms with E-state index < -0.39 is 5.97 Å². The first-order chi connectivity index (χ1) is 14.5. The molecule has 2 aromatic heterocycles. The maximum absolute atomic E-state index is 11.9. The van der Waals surface area contributed by atoms with Gasteiger partial charge in [-0.1, -0.05) is 35.9 Å². The third-order valence-electron chi connectivity index (χ3n) is 6.03. The Balaban J connectivity index is 1.56. The van der Waals surface area contributed by atoms with Crippen molar-refractivity contribution in [1.82, 2.24) is 9.55 Å². The number of carbonyl (C=O) groups is 1. The number of carboxylic acids is 1. The molecule has 1 N–H and O–H groups in total. The average Bonchev–Trinajstić information content (AvgIpc) is 3.52. The van der Waals surface area contributed by atoms with Crippen LogP contribution in [-0.4, -0.2) is 20.6 Å². The fourth-order valence-electron chi connectivity index (χ4n) is 4.26. The summed E-state index contributed by atoms with van der Waals surface area (Å²) in [6, 6.07) is 16.7. The maximum atomic E-state index is 11.9. The molecule has 1 saturated carbocycles. The number of carboxylic acid groups (broad SMARTS) is 1. The van der Waals surface area contributed by atoms with E-state index in [9.17, 15) is 9.90 Å². The fraction of sp³-hybridized carbons (Fsp3) is 0.231. The second-order valence-corrected chi connectivity index (χ2v) is 8.39. The van der Waals surface area contributed by atoms with Crippen molar-refractivity contribution in [2.45, 2.75) is 32.1 Å². The zero-order valence-electron chi connectivity index (χ0n) is 17.2. The third-order valence-corrected chi connectivity index (χ3v) is 6.03. The highest BCUT2D eigenvalue weighted by atomic mass is 16.4. The van der Waals surface area contributed by atoms with Crippen LogP contribution in [0, 0.1) is 6.92 Å². The molecule has 4 heteroatoms. The molecule has 0 unspecified atom stereocenters. The Morgan fingerprint density at radius 3 is 2.73 bits per heavy atom. The van der Waals surface area contributed by atoms with E-state index in [1.165, 1.54) is 22.1 Å². The van der Waals surface area contributed by atoms with E-state index in [1.807, 2.05) is 12.3 Å². The Bertz CT molecular complexity index is 1280. The van der Waals surface area contributed by atoms with Gasteiger partial charge in [0, 0.05) is 42.3 Å². The van der Waals surface area contributed by atoms with Gasteiger partial charge < -0.3 is 9.67 Å². The molecule has 0 atom stereocenters. The van der Waals surface area contributed by atoms with Crippen LogP contribution in [-0.2, 0) is 13.5 Å². The zero-order valence-corrected chi connectivity index (χ0v) is 17.2. The molecule has 4 aromatic rings. The van der Waals surface area contributed by atoms with Gasteiger partial charge in [-0.15, -0.1) is 0 Å². The lowest BCUT2D eigenvalue weighted by molar-refractivity contribution is 0.0695. The van der Waals surface area contributed by atoms with Gasteiger partial charge in [-0.05, 0) is 60.6 Å². The summed E-state index contributed by atoms with van der Waals surface area (Å²) in [5.41, 5.74) is 7.83. The predicted molar refractivity (Wildman–Crippen MR) is 119 cm³/mol. The van der Waals surface area contributed by atoms with Gasteiger partial charge >= 0.3 is 5.97 Å². The van der Waals surface area contributed by atoms with E-state index in [1.54, 1.807) is 0 Å². The van der Waals surface area contributed by atoms with Crippen molar-refractivity contribution >= 4 is 16.9 Å². The minimum atomic E-state index is -0.902. The van der Waals surface area contributed by atoms with Crippen molar-refractivity contribution in [3.05, 3.63) is 88.9 Å². The summed E-state index contributed by atoms with van der Waals surface area (Å²) < 4.78 is 2.14. The maximum Gasteiger partial charge on any atom is 0.337 e. The number of nitrogens with zero attached hydrogens (tertiary/aromatic N) is 2. The predicted octanol–water partition coefficient (Wildman–Crippen LogP) is 5.72. The van der Waals surface area contributed by atoms with Gasteiger partial charge in [0.05, 0.1) is 11.3 Å². The Morgan fingerprint density at radius 2 is 2.00 bits per heavy atom. The highest BCUT2D eigenvalue weighted by Gasteiger charge is 2.26. The van der Waals surface area contributed by atoms with Crippen molar-refractivity contribution in [3.8, 4) is 11.1 Å². The number of aromatic carboxylic acids is 1. The zero-order chi connectivity index (χ0) is 20.8. The number of aromatic nitrogens is 2. The summed E-state index contributed by atoms with van der Waals surface area (Å²) in [6.07, 6.45) is 6.79.